The fourth-order valence-corrected chi connectivity index (χ4v) is 3.53. The molecule has 6 heteroatoms. The van der Waals surface area contributed by atoms with Crippen molar-refractivity contribution in [2.45, 2.75) is 18.8 Å². The monoisotopic (exact) mass is 382 g/mol. The lowest BCUT2D eigenvalue weighted by atomic mass is 9.97. The second kappa shape index (κ2) is 6.25. The van der Waals surface area contributed by atoms with Gasteiger partial charge in [0, 0.05) is 23.8 Å². The van der Waals surface area contributed by atoms with E-state index >= 15 is 0 Å². The average Bonchev–Trinajstić information content (AvgIpc) is 3.06. The van der Waals surface area contributed by atoms with Crippen LogP contribution in [0.3, 0.4) is 0 Å². The summed E-state index contributed by atoms with van der Waals surface area (Å²) in [5.41, 5.74) is 2.30. The largest absolute Gasteiger partial charge is 0.440 e. The average molecular weight is 383 g/mol. The number of benzene rings is 1. The molecule has 0 radical (unpaired) electrons. The van der Waals surface area contributed by atoms with Crippen LogP contribution in [0, 0.1) is 11.3 Å². The van der Waals surface area contributed by atoms with E-state index in [1.54, 1.807) is 6.20 Å². The van der Waals surface area contributed by atoms with Gasteiger partial charge in [-0.25, -0.2) is 9.97 Å². The molecule has 5 nitrogen and oxygen atoms in total. The number of oxazole rings is 1. The zero-order chi connectivity index (χ0) is 16.5. The lowest BCUT2D eigenvalue weighted by molar-refractivity contribution is 0.412. The van der Waals surface area contributed by atoms with E-state index in [9.17, 15) is 5.26 Å². The summed E-state index contributed by atoms with van der Waals surface area (Å²) in [4.78, 5) is 11.2. The van der Waals surface area contributed by atoms with Gasteiger partial charge < -0.3 is 9.32 Å². The van der Waals surface area contributed by atoms with Gasteiger partial charge >= 0.3 is 0 Å². The van der Waals surface area contributed by atoms with Gasteiger partial charge in [-0.2, -0.15) is 5.26 Å². The van der Waals surface area contributed by atoms with Crippen LogP contribution < -0.4 is 4.90 Å². The molecule has 2 aromatic heterocycles. The minimum absolute atomic E-state index is 0.211. The maximum absolute atomic E-state index is 9.38. The number of anilines is 1. The molecule has 24 heavy (non-hydrogen) atoms. The molecule has 0 aliphatic carbocycles. The Morgan fingerprint density at radius 2 is 2.21 bits per heavy atom. The number of hydrogen-bond acceptors (Lipinski definition) is 5. The van der Waals surface area contributed by atoms with Crippen molar-refractivity contribution in [1.82, 2.24) is 9.97 Å². The van der Waals surface area contributed by atoms with Crippen molar-refractivity contribution in [2.24, 2.45) is 0 Å². The van der Waals surface area contributed by atoms with Crippen molar-refractivity contribution >= 4 is 32.8 Å². The van der Waals surface area contributed by atoms with E-state index in [1.165, 1.54) is 0 Å². The van der Waals surface area contributed by atoms with Crippen LogP contribution in [0.1, 0.15) is 30.2 Å². The smallest absolute Gasteiger partial charge is 0.200 e. The van der Waals surface area contributed by atoms with Crippen molar-refractivity contribution in [1.29, 1.82) is 5.26 Å². The highest BCUT2D eigenvalue weighted by Gasteiger charge is 2.27. The van der Waals surface area contributed by atoms with E-state index in [1.807, 2.05) is 30.3 Å². The molecule has 1 saturated heterocycles. The predicted molar refractivity (Wildman–Crippen MR) is 94.8 cm³/mol. The standard InChI is InChI=1S/C18H15BrN4O/c19-14-8-13(9-20)17(21-10-14)23-7-3-4-12(11-23)18-22-15-5-1-2-6-16(15)24-18/h1-2,5-6,8,10,12H,3-4,7,11H2. The zero-order valence-electron chi connectivity index (χ0n) is 12.9. The van der Waals surface area contributed by atoms with E-state index in [0.29, 0.717) is 5.56 Å². The molecule has 1 aromatic carbocycles. The van der Waals surface area contributed by atoms with Gasteiger partial charge in [-0.05, 0) is 47.0 Å². The maximum Gasteiger partial charge on any atom is 0.200 e. The van der Waals surface area contributed by atoms with Crippen LogP contribution in [0.4, 0.5) is 5.82 Å². The van der Waals surface area contributed by atoms with Gasteiger partial charge in [-0.3, -0.25) is 0 Å². The Labute approximate surface area is 148 Å². The number of fused-ring (bicyclic) bond motifs is 1. The summed E-state index contributed by atoms with van der Waals surface area (Å²) in [5, 5.41) is 9.38. The quantitative estimate of drug-likeness (QED) is 0.662. The molecule has 0 saturated carbocycles. The van der Waals surface area contributed by atoms with Gasteiger partial charge in [-0.1, -0.05) is 12.1 Å². The first-order chi connectivity index (χ1) is 11.7. The van der Waals surface area contributed by atoms with E-state index in [4.69, 9.17) is 4.42 Å². The molecule has 4 rings (SSSR count). The zero-order valence-corrected chi connectivity index (χ0v) is 14.5. The van der Waals surface area contributed by atoms with Crippen molar-refractivity contribution in [2.75, 3.05) is 18.0 Å². The number of rotatable bonds is 2. The summed E-state index contributed by atoms with van der Waals surface area (Å²) in [6, 6.07) is 11.9. The lowest BCUT2D eigenvalue weighted by Crippen LogP contribution is -2.35. The Hall–Kier alpha value is -2.39. The summed E-state index contributed by atoms with van der Waals surface area (Å²) >= 11 is 3.37. The van der Waals surface area contributed by atoms with Gasteiger partial charge in [0.2, 0.25) is 0 Å². The number of piperidine rings is 1. The number of nitrogens with zero attached hydrogens (tertiary/aromatic N) is 4. The number of nitriles is 1. The highest BCUT2D eigenvalue weighted by Crippen LogP contribution is 2.32. The summed E-state index contributed by atoms with van der Waals surface area (Å²) in [7, 11) is 0. The minimum atomic E-state index is 0.211. The second-order valence-electron chi connectivity index (χ2n) is 5.94. The van der Waals surface area contributed by atoms with Crippen LogP contribution in [0.5, 0.6) is 0 Å². The molecule has 0 amide bonds. The third kappa shape index (κ3) is 2.76. The lowest BCUT2D eigenvalue weighted by Gasteiger charge is -2.32. The summed E-state index contributed by atoms with van der Waals surface area (Å²) in [5.74, 6) is 1.72. The van der Waals surface area contributed by atoms with E-state index < -0.39 is 0 Å². The first-order valence-corrected chi connectivity index (χ1v) is 8.70. The number of hydrogen-bond donors (Lipinski definition) is 0. The summed E-state index contributed by atoms with van der Waals surface area (Å²) in [6.45, 7) is 1.65. The molecule has 0 N–H and O–H groups in total. The van der Waals surface area contributed by atoms with Crippen molar-refractivity contribution in [3.05, 3.63) is 52.5 Å². The van der Waals surface area contributed by atoms with Crippen LogP contribution in [0.2, 0.25) is 0 Å². The Morgan fingerprint density at radius 1 is 1.33 bits per heavy atom. The van der Waals surface area contributed by atoms with Crippen LogP contribution >= 0.6 is 15.9 Å². The van der Waals surface area contributed by atoms with Gasteiger partial charge in [0.05, 0.1) is 11.5 Å². The van der Waals surface area contributed by atoms with E-state index in [-0.39, 0.29) is 5.92 Å². The van der Waals surface area contributed by atoms with Crippen LogP contribution in [0.15, 0.2) is 45.4 Å². The molecular formula is C18H15BrN4O. The number of aromatic nitrogens is 2. The fourth-order valence-electron chi connectivity index (χ4n) is 3.20. The van der Waals surface area contributed by atoms with Crippen molar-refractivity contribution in [3.63, 3.8) is 0 Å². The topological polar surface area (TPSA) is 66.0 Å². The minimum Gasteiger partial charge on any atom is -0.440 e. The third-order valence-corrected chi connectivity index (χ3v) is 4.77. The van der Waals surface area contributed by atoms with Crippen LogP contribution in [-0.2, 0) is 0 Å². The molecule has 1 aliphatic rings. The normalized spacial score (nSPS) is 17.8. The molecule has 0 spiro atoms. The summed E-state index contributed by atoms with van der Waals surface area (Å²) in [6.07, 6.45) is 3.78. The van der Waals surface area contributed by atoms with Crippen molar-refractivity contribution < 1.29 is 4.42 Å². The Balaban J connectivity index is 1.63. The molecule has 0 bridgehead atoms. The van der Waals surface area contributed by atoms with Gasteiger partial charge in [-0.15, -0.1) is 0 Å². The fraction of sp³-hybridized carbons (Fsp3) is 0.278. The van der Waals surface area contributed by atoms with E-state index in [2.05, 4.69) is 36.9 Å². The number of pyridine rings is 1. The van der Waals surface area contributed by atoms with Gasteiger partial charge in [0.25, 0.3) is 0 Å². The third-order valence-electron chi connectivity index (χ3n) is 4.33. The first kappa shape index (κ1) is 15.2. The highest BCUT2D eigenvalue weighted by molar-refractivity contribution is 9.10. The maximum atomic E-state index is 9.38. The molecule has 1 unspecified atom stereocenters. The highest BCUT2D eigenvalue weighted by atomic mass is 79.9. The number of halogens is 1. The Kier molecular flexibility index (Phi) is 3.95. The SMILES string of the molecule is N#Cc1cc(Br)cnc1N1CCCC(c2nc3ccccc3o2)C1. The number of para-hydroxylation sites is 2. The first-order valence-electron chi connectivity index (χ1n) is 7.90. The van der Waals surface area contributed by atoms with Crippen LogP contribution in [0.25, 0.3) is 11.1 Å². The molecule has 1 atom stereocenters. The van der Waals surface area contributed by atoms with Crippen molar-refractivity contribution in [3.8, 4) is 6.07 Å². The predicted octanol–water partition coefficient (Wildman–Crippen LogP) is 4.24. The summed E-state index contributed by atoms with van der Waals surface area (Å²) < 4.78 is 6.75. The molecule has 1 fully saturated rings. The van der Waals surface area contributed by atoms with Crippen LogP contribution in [-0.4, -0.2) is 23.1 Å². The van der Waals surface area contributed by atoms with Gasteiger partial charge in [0.15, 0.2) is 11.5 Å². The molecule has 1 aliphatic heterocycles. The van der Waals surface area contributed by atoms with Gasteiger partial charge in [0.1, 0.15) is 17.4 Å². The molecular weight excluding hydrogens is 368 g/mol. The Bertz CT molecular complexity index is 897. The Morgan fingerprint density at radius 3 is 3.04 bits per heavy atom. The molecule has 3 aromatic rings. The second-order valence-corrected chi connectivity index (χ2v) is 6.86. The molecule has 120 valence electrons. The van der Waals surface area contributed by atoms with E-state index in [0.717, 1.165) is 53.2 Å². The molecule has 3 heterocycles.